The van der Waals surface area contributed by atoms with Crippen molar-refractivity contribution >= 4 is 29.6 Å². The fourth-order valence-corrected chi connectivity index (χ4v) is 2.96. The fraction of sp³-hybridized carbons (Fsp3) is 0.500. The molecule has 34 heavy (non-hydrogen) atoms. The maximum Gasteiger partial charge on any atom is 0.326 e. The molecule has 1 aromatic carbocycles. The van der Waals surface area contributed by atoms with Crippen LogP contribution in [0.5, 0.6) is 5.75 Å². The summed E-state index contributed by atoms with van der Waals surface area (Å²) < 4.78 is 0. The van der Waals surface area contributed by atoms with Gasteiger partial charge in [-0.2, -0.15) is 0 Å². The lowest BCUT2D eigenvalue weighted by Crippen LogP contribution is -2.57. The number of carbonyl (C=O) groups excluding carboxylic acids is 4. The van der Waals surface area contributed by atoms with Gasteiger partial charge in [-0.1, -0.05) is 26.0 Å². The monoisotopic (exact) mass is 479 g/mol. The van der Waals surface area contributed by atoms with Crippen molar-refractivity contribution in [1.29, 1.82) is 0 Å². The average Bonchev–Trinajstić information content (AvgIpc) is 2.75. The molecule has 0 fully saturated rings. The van der Waals surface area contributed by atoms with Crippen LogP contribution < -0.4 is 27.4 Å². The number of primary amides is 1. The number of phenolic OH excluding ortho intramolecular Hbond substituents is 1. The molecule has 0 heterocycles. The summed E-state index contributed by atoms with van der Waals surface area (Å²) in [6.07, 6.45) is -0.0844. The largest absolute Gasteiger partial charge is 0.508 e. The Bertz CT molecular complexity index is 888. The van der Waals surface area contributed by atoms with Gasteiger partial charge in [-0.05, 0) is 37.0 Å². The molecular formula is C22H33N5O7. The molecule has 0 aliphatic carbocycles. The van der Waals surface area contributed by atoms with E-state index in [0.717, 1.165) is 0 Å². The van der Waals surface area contributed by atoms with Crippen molar-refractivity contribution in [2.24, 2.45) is 17.4 Å². The van der Waals surface area contributed by atoms with E-state index in [1.807, 2.05) is 0 Å². The van der Waals surface area contributed by atoms with Gasteiger partial charge in [0.05, 0.1) is 6.04 Å². The highest BCUT2D eigenvalue weighted by molar-refractivity contribution is 5.94. The van der Waals surface area contributed by atoms with Gasteiger partial charge in [-0.15, -0.1) is 0 Å². The van der Waals surface area contributed by atoms with Crippen LogP contribution in [0.3, 0.4) is 0 Å². The van der Waals surface area contributed by atoms with E-state index < -0.39 is 59.7 Å². The molecule has 0 radical (unpaired) electrons. The Morgan fingerprint density at radius 1 is 0.912 bits per heavy atom. The van der Waals surface area contributed by atoms with E-state index in [4.69, 9.17) is 11.5 Å². The number of amides is 4. The molecule has 0 saturated carbocycles. The molecule has 0 aliphatic heterocycles. The predicted octanol–water partition coefficient (Wildman–Crippen LogP) is -1.26. The van der Waals surface area contributed by atoms with Gasteiger partial charge in [-0.3, -0.25) is 19.2 Å². The maximum absolute atomic E-state index is 12.9. The third-order valence-electron chi connectivity index (χ3n) is 5.03. The van der Waals surface area contributed by atoms with E-state index in [1.54, 1.807) is 26.0 Å². The number of carboxylic acids is 1. The molecule has 4 atom stereocenters. The Morgan fingerprint density at radius 2 is 1.50 bits per heavy atom. The number of nitrogens with two attached hydrogens (primary N) is 2. The first kappa shape index (κ1) is 28.4. The number of aliphatic carboxylic acids is 1. The third-order valence-corrected chi connectivity index (χ3v) is 5.03. The summed E-state index contributed by atoms with van der Waals surface area (Å²) in [7, 11) is 0. The van der Waals surface area contributed by atoms with Crippen molar-refractivity contribution in [3.63, 3.8) is 0 Å². The quantitative estimate of drug-likeness (QED) is 0.181. The molecule has 0 aromatic heterocycles. The minimum atomic E-state index is -1.22. The number of aromatic hydroxyl groups is 1. The third kappa shape index (κ3) is 9.45. The number of rotatable bonds is 13. The van der Waals surface area contributed by atoms with Crippen molar-refractivity contribution in [1.82, 2.24) is 16.0 Å². The van der Waals surface area contributed by atoms with Crippen molar-refractivity contribution in [3.05, 3.63) is 29.8 Å². The van der Waals surface area contributed by atoms with E-state index in [0.29, 0.717) is 5.56 Å². The maximum atomic E-state index is 12.9. The lowest BCUT2D eigenvalue weighted by Gasteiger charge is -2.25. The summed E-state index contributed by atoms with van der Waals surface area (Å²) in [4.78, 5) is 60.1. The fourth-order valence-electron chi connectivity index (χ4n) is 2.96. The van der Waals surface area contributed by atoms with Crippen molar-refractivity contribution in [2.45, 2.75) is 64.2 Å². The van der Waals surface area contributed by atoms with Crippen LogP contribution in [-0.4, -0.2) is 64.0 Å². The summed E-state index contributed by atoms with van der Waals surface area (Å²) in [6, 6.07) is 1.47. The van der Waals surface area contributed by atoms with Gasteiger partial charge >= 0.3 is 5.97 Å². The summed E-state index contributed by atoms with van der Waals surface area (Å²) in [5.74, 6) is -4.32. The van der Waals surface area contributed by atoms with E-state index in [-0.39, 0.29) is 25.0 Å². The van der Waals surface area contributed by atoms with Crippen LogP contribution in [-0.2, 0) is 30.4 Å². The summed E-state index contributed by atoms with van der Waals surface area (Å²) >= 11 is 0. The van der Waals surface area contributed by atoms with Gasteiger partial charge in [0.15, 0.2) is 0 Å². The first-order chi connectivity index (χ1) is 15.8. The smallest absolute Gasteiger partial charge is 0.326 e. The molecule has 9 N–H and O–H groups in total. The van der Waals surface area contributed by atoms with Crippen LogP contribution in [0.25, 0.3) is 0 Å². The van der Waals surface area contributed by atoms with Gasteiger partial charge in [0.25, 0.3) is 0 Å². The normalized spacial score (nSPS) is 14.4. The van der Waals surface area contributed by atoms with E-state index in [2.05, 4.69) is 16.0 Å². The number of nitrogens with one attached hydrogen (secondary N) is 3. The van der Waals surface area contributed by atoms with E-state index >= 15 is 0 Å². The molecular weight excluding hydrogens is 446 g/mol. The summed E-state index contributed by atoms with van der Waals surface area (Å²) in [5.41, 5.74) is 11.3. The number of hydrogen-bond acceptors (Lipinski definition) is 7. The summed E-state index contributed by atoms with van der Waals surface area (Å²) in [5, 5.41) is 26.2. The van der Waals surface area contributed by atoms with Gasteiger partial charge in [0.2, 0.25) is 23.6 Å². The van der Waals surface area contributed by atoms with Crippen molar-refractivity contribution in [3.8, 4) is 5.75 Å². The molecule has 0 spiro atoms. The van der Waals surface area contributed by atoms with Crippen molar-refractivity contribution < 1.29 is 34.2 Å². The standard InChI is InChI=1S/C22H33N5O7/c1-11(2)18(22(33)34)27-21(32)16(10-13-4-6-14(28)7-5-13)26-19(30)12(3)25-20(31)15(23)8-9-17(24)29/h4-7,11-12,15-16,18,28H,8-10,23H2,1-3H3,(H2,24,29)(H,25,31)(H,26,30)(H,27,32)(H,33,34). The lowest BCUT2D eigenvalue weighted by atomic mass is 10.0. The Hall–Kier alpha value is -3.67. The second-order valence-electron chi connectivity index (χ2n) is 8.34. The lowest BCUT2D eigenvalue weighted by molar-refractivity contribution is -0.143. The first-order valence-electron chi connectivity index (χ1n) is 10.8. The van der Waals surface area contributed by atoms with Gasteiger partial charge in [-0.25, -0.2) is 4.79 Å². The molecule has 1 rings (SSSR count). The van der Waals surface area contributed by atoms with Crippen LogP contribution in [0, 0.1) is 5.92 Å². The van der Waals surface area contributed by atoms with E-state index in [1.165, 1.54) is 19.1 Å². The summed E-state index contributed by atoms with van der Waals surface area (Å²) in [6.45, 7) is 4.65. The van der Waals surface area contributed by atoms with Crippen LogP contribution in [0.2, 0.25) is 0 Å². The molecule has 0 bridgehead atoms. The zero-order valence-corrected chi connectivity index (χ0v) is 19.4. The second-order valence-corrected chi connectivity index (χ2v) is 8.34. The topological polar surface area (TPSA) is 214 Å². The number of carboxylic acid groups (broad SMARTS) is 1. The number of benzene rings is 1. The molecule has 188 valence electrons. The predicted molar refractivity (Wildman–Crippen MR) is 122 cm³/mol. The van der Waals surface area contributed by atoms with Gasteiger partial charge < -0.3 is 37.6 Å². The highest BCUT2D eigenvalue weighted by atomic mass is 16.4. The number of phenols is 1. The SMILES string of the molecule is CC(NC(=O)C(N)CCC(N)=O)C(=O)NC(Cc1ccc(O)cc1)C(=O)NC(C(=O)O)C(C)C. The number of hydrogen-bond donors (Lipinski definition) is 7. The van der Waals surface area contributed by atoms with Crippen LogP contribution in [0.4, 0.5) is 0 Å². The Kier molecular flexibility index (Phi) is 11.0. The average molecular weight is 480 g/mol. The molecule has 12 nitrogen and oxygen atoms in total. The molecule has 4 amide bonds. The minimum Gasteiger partial charge on any atom is -0.508 e. The minimum absolute atomic E-state index is 0.00107. The molecule has 12 heteroatoms. The van der Waals surface area contributed by atoms with E-state index in [9.17, 15) is 34.2 Å². The van der Waals surface area contributed by atoms with Crippen LogP contribution >= 0.6 is 0 Å². The van der Waals surface area contributed by atoms with Gasteiger partial charge in [0, 0.05) is 12.8 Å². The molecule has 0 aliphatic rings. The van der Waals surface area contributed by atoms with Crippen molar-refractivity contribution in [2.75, 3.05) is 0 Å². The Morgan fingerprint density at radius 3 is 2.00 bits per heavy atom. The van der Waals surface area contributed by atoms with Gasteiger partial charge in [0.1, 0.15) is 23.9 Å². The first-order valence-corrected chi connectivity index (χ1v) is 10.8. The second kappa shape index (κ2) is 13.1. The molecule has 1 aromatic rings. The molecule has 0 saturated heterocycles. The highest BCUT2D eigenvalue weighted by Crippen LogP contribution is 2.12. The molecule has 4 unspecified atom stereocenters. The van der Waals surface area contributed by atoms with Crippen LogP contribution in [0.15, 0.2) is 24.3 Å². The zero-order chi connectivity index (χ0) is 26.0. The number of carbonyl (C=O) groups is 5. The highest BCUT2D eigenvalue weighted by Gasteiger charge is 2.30. The zero-order valence-electron chi connectivity index (χ0n) is 19.4. The Labute approximate surface area is 197 Å². The van der Waals surface area contributed by atoms with Crippen LogP contribution in [0.1, 0.15) is 39.2 Å². The Balaban J connectivity index is 2.94.